The first-order chi connectivity index (χ1) is 10.8. The Hall–Kier alpha value is -1.66. The molecule has 1 aliphatic rings. The van der Waals surface area contributed by atoms with Crippen molar-refractivity contribution in [2.45, 2.75) is 25.8 Å². The highest BCUT2D eigenvalue weighted by Crippen LogP contribution is 2.17. The summed E-state index contributed by atoms with van der Waals surface area (Å²) < 4.78 is 10.0. The van der Waals surface area contributed by atoms with Gasteiger partial charge >= 0.3 is 0 Å². The SMILES string of the molecule is COCCOCC(=O)NCc1ccc(N2CCCCC2)nc1. The minimum absolute atomic E-state index is 0.0582. The Morgan fingerprint density at radius 3 is 2.77 bits per heavy atom. The molecule has 22 heavy (non-hydrogen) atoms. The number of aromatic nitrogens is 1. The van der Waals surface area contributed by atoms with Gasteiger partial charge in [-0.1, -0.05) is 6.07 Å². The number of carbonyl (C=O) groups is 1. The fourth-order valence-electron chi connectivity index (χ4n) is 2.39. The number of hydrogen-bond acceptors (Lipinski definition) is 5. The lowest BCUT2D eigenvalue weighted by Crippen LogP contribution is -2.30. The van der Waals surface area contributed by atoms with Crippen molar-refractivity contribution in [1.29, 1.82) is 0 Å². The molecule has 0 radical (unpaired) electrons. The van der Waals surface area contributed by atoms with Gasteiger partial charge in [0.1, 0.15) is 12.4 Å². The summed E-state index contributed by atoms with van der Waals surface area (Å²) in [6.45, 7) is 3.62. The van der Waals surface area contributed by atoms with Crippen LogP contribution in [-0.2, 0) is 20.8 Å². The molecule has 0 aromatic carbocycles. The van der Waals surface area contributed by atoms with Crippen LogP contribution in [0.3, 0.4) is 0 Å². The van der Waals surface area contributed by atoms with E-state index in [4.69, 9.17) is 9.47 Å². The Morgan fingerprint density at radius 2 is 2.09 bits per heavy atom. The zero-order valence-corrected chi connectivity index (χ0v) is 13.2. The second-order valence-electron chi connectivity index (χ2n) is 5.39. The average Bonchev–Trinajstić information content (AvgIpc) is 2.58. The monoisotopic (exact) mass is 307 g/mol. The van der Waals surface area contributed by atoms with Gasteiger partial charge in [-0.05, 0) is 30.9 Å². The van der Waals surface area contributed by atoms with Gasteiger partial charge < -0.3 is 19.7 Å². The summed E-state index contributed by atoms with van der Waals surface area (Å²) in [4.78, 5) is 18.4. The largest absolute Gasteiger partial charge is 0.382 e. The van der Waals surface area contributed by atoms with Gasteiger partial charge in [0.15, 0.2) is 0 Å². The molecule has 0 bridgehead atoms. The molecule has 1 fully saturated rings. The molecule has 0 spiro atoms. The maximum absolute atomic E-state index is 11.6. The summed E-state index contributed by atoms with van der Waals surface area (Å²) in [5, 5.41) is 2.82. The summed E-state index contributed by atoms with van der Waals surface area (Å²) in [6.07, 6.45) is 5.62. The second kappa shape index (κ2) is 9.38. The van der Waals surface area contributed by atoms with E-state index in [1.165, 1.54) is 19.3 Å². The van der Waals surface area contributed by atoms with Gasteiger partial charge in [-0.25, -0.2) is 4.98 Å². The Morgan fingerprint density at radius 1 is 1.27 bits per heavy atom. The Kier molecular flexibility index (Phi) is 7.12. The zero-order chi connectivity index (χ0) is 15.6. The van der Waals surface area contributed by atoms with Crippen LogP contribution in [0.1, 0.15) is 24.8 Å². The fraction of sp³-hybridized carbons (Fsp3) is 0.625. The van der Waals surface area contributed by atoms with E-state index < -0.39 is 0 Å². The highest BCUT2D eigenvalue weighted by Gasteiger charge is 2.11. The van der Waals surface area contributed by atoms with E-state index in [0.29, 0.717) is 19.8 Å². The lowest BCUT2D eigenvalue weighted by atomic mass is 10.1. The summed E-state index contributed by atoms with van der Waals surface area (Å²) in [6, 6.07) is 4.05. The molecule has 122 valence electrons. The van der Waals surface area contributed by atoms with Gasteiger partial charge in [0.05, 0.1) is 13.2 Å². The van der Waals surface area contributed by atoms with Crippen LogP contribution in [0.5, 0.6) is 0 Å². The van der Waals surface area contributed by atoms with Crippen molar-refractivity contribution >= 4 is 11.7 Å². The molecule has 0 saturated carbocycles. The molecule has 1 aromatic heterocycles. The zero-order valence-electron chi connectivity index (χ0n) is 13.2. The molecule has 2 heterocycles. The molecule has 1 aliphatic heterocycles. The fourth-order valence-corrected chi connectivity index (χ4v) is 2.39. The van der Waals surface area contributed by atoms with Gasteiger partial charge in [0, 0.05) is 32.9 Å². The van der Waals surface area contributed by atoms with Crippen LogP contribution in [0, 0.1) is 0 Å². The van der Waals surface area contributed by atoms with Crippen molar-refractivity contribution in [3.63, 3.8) is 0 Å². The van der Waals surface area contributed by atoms with E-state index >= 15 is 0 Å². The third-order valence-electron chi connectivity index (χ3n) is 3.64. The summed E-state index contributed by atoms with van der Waals surface area (Å²) in [5.41, 5.74) is 0.992. The Balaban J connectivity index is 1.70. The molecule has 1 N–H and O–H groups in total. The van der Waals surface area contributed by atoms with E-state index in [2.05, 4.69) is 15.2 Å². The molecule has 0 atom stereocenters. The number of nitrogens with zero attached hydrogens (tertiary/aromatic N) is 2. The Bertz CT molecular complexity index is 444. The number of hydrogen-bond donors (Lipinski definition) is 1. The summed E-state index contributed by atoms with van der Waals surface area (Å²) in [7, 11) is 1.60. The van der Waals surface area contributed by atoms with Crippen LogP contribution in [-0.4, -0.2) is 50.9 Å². The topological polar surface area (TPSA) is 63.7 Å². The lowest BCUT2D eigenvalue weighted by molar-refractivity contribution is -0.126. The van der Waals surface area contributed by atoms with Crippen molar-refractivity contribution < 1.29 is 14.3 Å². The number of amides is 1. The summed E-state index contributed by atoms with van der Waals surface area (Å²) >= 11 is 0. The molecular formula is C16H25N3O3. The maximum atomic E-state index is 11.6. The van der Waals surface area contributed by atoms with Crippen LogP contribution in [0.25, 0.3) is 0 Å². The van der Waals surface area contributed by atoms with Crippen LogP contribution < -0.4 is 10.2 Å². The van der Waals surface area contributed by atoms with Crippen LogP contribution in [0.2, 0.25) is 0 Å². The normalized spacial score (nSPS) is 14.9. The van der Waals surface area contributed by atoms with E-state index in [1.807, 2.05) is 18.3 Å². The average molecular weight is 307 g/mol. The lowest BCUT2D eigenvalue weighted by Gasteiger charge is -2.27. The predicted molar refractivity (Wildman–Crippen MR) is 84.8 cm³/mol. The first-order valence-corrected chi connectivity index (χ1v) is 7.83. The number of rotatable bonds is 8. The Labute approximate surface area is 131 Å². The van der Waals surface area contributed by atoms with Gasteiger partial charge in [0.25, 0.3) is 0 Å². The highest BCUT2D eigenvalue weighted by molar-refractivity contribution is 5.77. The number of ether oxygens (including phenoxy) is 2. The minimum Gasteiger partial charge on any atom is -0.382 e. The second-order valence-corrected chi connectivity index (χ2v) is 5.39. The molecule has 6 heteroatoms. The number of pyridine rings is 1. The van der Waals surface area contributed by atoms with Crippen molar-refractivity contribution in [3.8, 4) is 0 Å². The number of nitrogens with one attached hydrogen (secondary N) is 1. The van der Waals surface area contributed by atoms with Crippen LogP contribution in [0.15, 0.2) is 18.3 Å². The van der Waals surface area contributed by atoms with Crippen molar-refractivity contribution in [2.75, 3.05) is 44.9 Å². The predicted octanol–water partition coefficient (Wildman–Crippen LogP) is 1.35. The van der Waals surface area contributed by atoms with Crippen molar-refractivity contribution in [3.05, 3.63) is 23.9 Å². The number of carbonyl (C=O) groups excluding carboxylic acids is 1. The van der Waals surface area contributed by atoms with Crippen molar-refractivity contribution in [1.82, 2.24) is 10.3 Å². The number of anilines is 1. The van der Waals surface area contributed by atoms with Gasteiger partial charge in [-0.15, -0.1) is 0 Å². The molecule has 0 aliphatic carbocycles. The quantitative estimate of drug-likeness (QED) is 0.735. The van der Waals surface area contributed by atoms with Gasteiger partial charge in [-0.2, -0.15) is 0 Å². The first-order valence-electron chi connectivity index (χ1n) is 7.83. The molecule has 1 amide bonds. The van der Waals surface area contributed by atoms with Crippen LogP contribution >= 0.6 is 0 Å². The smallest absolute Gasteiger partial charge is 0.246 e. The number of piperidine rings is 1. The first kappa shape index (κ1) is 16.7. The van der Waals surface area contributed by atoms with Gasteiger partial charge in [-0.3, -0.25) is 4.79 Å². The molecule has 6 nitrogen and oxygen atoms in total. The standard InChI is InChI=1S/C16H25N3O3/c1-21-9-10-22-13-16(20)18-12-14-5-6-15(17-11-14)19-7-3-2-4-8-19/h5-6,11H,2-4,7-10,12-13H2,1H3,(H,18,20). The van der Waals surface area contributed by atoms with Gasteiger partial charge in [0.2, 0.25) is 5.91 Å². The minimum atomic E-state index is -0.129. The van der Waals surface area contributed by atoms with E-state index in [1.54, 1.807) is 7.11 Å². The van der Waals surface area contributed by atoms with E-state index in [0.717, 1.165) is 24.5 Å². The summed E-state index contributed by atoms with van der Waals surface area (Å²) in [5.74, 6) is 0.897. The molecular weight excluding hydrogens is 282 g/mol. The third-order valence-corrected chi connectivity index (χ3v) is 3.64. The third kappa shape index (κ3) is 5.61. The van der Waals surface area contributed by atoms with Crippen molar-refractivity contribution in [2.24, 2.45) is 0 Å². The van der Waals surface area contributed by atoms with E-state index in [9.17, 15) is 4.79 Å². The molecule has 1 saturated heterocycles. The number of methoxy groups -OCH3 is 1. The molecule has 1 aromatic rings. The highest BCUT2D eigenvalue weighted by atomic mass is 16.5. The van der Waals surface area contributed by atoms with E-state index in [-0.39, 0.29) is 12.5 Å². The molecule has 2 rings (SSSR count). The maximum Gasteiger partial charge on any atom is 0.246 e. The van der Waals surface area contributed by atoms with Crippen LogP contribution in [0.4, 0.5) is 5.82 Å². The molecule has 0 unspecified atom stereocenters.